The second kappa shape index (κ2) is 8.33. The number of nitrogens with zero attached hydrogens (tertiary/aromatic N) is 3. The van der Waals surface area contributed by atoms with Crippen molar-refractivity contribution < 1.29 is 5.11 Å². The van der Waals surface area contributed by atoms with Crippen molar-refractivity contribution in [1.82, 2.24) is 14.8 Å². The van der Waals surface area contributed by atoms with Gasteiger partial charge in [-0.25, -0.2) is 0 Å². The Balaban J connectivity index is 1.32. The molecule has 2 aromatic carbocycles. The van der Waals surface area contributed by atoms with Crippen LogP contribution >= 0.6 is 0 Å². The van der Waals surface area contributed by atoms with E-state index < -0.39 is 0 Å². The molecule has 1 aliphatic rings. The molecule has 0 bridgehead atoms. The zero-order valence-corrected chi connectivity index (χ0v) is 15.5. The molecule has 0 aliphatic carbocycles. The van der Waals surface area contributed by atoms with Crippen molar-refractivity contribution in [2.24, 2.45) is 0 Å². The third-order valence-electron chi connectivity index (χ3n) is 5.17. The van der Waals surface area contributed by atoms with Crippen LogP contribution in [0.2, 0.25) is 0 Å². The smallest absolute Gasteiger partial charge is 0.141 e. The summed E-state index contributed by atoms with van der Waals surface area (Å²) in [5, 5.41) is 11.1. The van der Waals surface area contributed by atoms with Gasteiger partial charge in [0.05, 0.1) is 0 Å². The molecule has 27 heavy (non-hydrogen) atoms. The Kier molecular flexibility index (Phi) is 5.47. The molecule has 138 valence electrons. The highest BCUT2D eigenvalue weighted by Gasteiger charge is 2.17. The first kappa shape index (κ1) is 17.7. The number of hydrogen-bond acceptors (Lipinski definition) is 4. The van der Waals surface area contributed by atoms with Crippen LogP contribution in [0.25, 0.3) is 17.0 Å². The van der Waals surface area contributed by atoms with Crippen molar-refractivity contribution in [2.45, 2.75) is 6.54 Å². The van der Waals surface area contributed by atoms with Crippen LogP contribution in [0.15, 0.2) is 66.9 Å². The van der Waals surface area contributed by atoms with Gasteiger partial charge >= 0.3 is 0 Å². The normalized spacial score (nSPS) is 16.3. The molecule has 1 aromatic heterocycles. The summed E-state index contributed by atoms with van der Waals surface area (Å²) in [7, 11) is 0. The first-order valence-corrected chi connectivity index (χ1v) is 9.51. The van der Waals surface area contributed by atoms with E-state index in [1.807, 2.05) is 24.3 Å². The Labute approximate surface area is 160 Å². The van der Waals surface area contributed by atoms with Crippen molar-refractivity contribution in [3.05, 3.63) is 78.0 Å². The van der Waals surface area contributed by atoms with Crippen LogP contribution < -0.4 is 0 Å². The third kappa shape index (κ3) is 4.35. The molecule has 3 aromatic rings. The molecule has 1 fully saturated rings. The third-order valence-corrected chi connectivity index (χ3v) is 5.17. The van der Waals surface area contributed by atoms with Gasteiger partial charge in [-0.05, 0) is 23.3 Å². The number of pyridine rings is 1. The number of phenolic OH excluding ortho intramolecular Hbond substituents is 1. The summed E-state index contributed by atoms with van der Waals surface area (Å²) < 4.78 is 0. The van der Waals surface area contributed by atoms with Gasteiger partial charge in [-0.3, -0.25) is 14.8 Å². The van der Waals surface area contributed by atoms with E-state index >= 15 is 0 Å². The number of benzene rings is 2. The molecule has 4 rings (SSSR count). The number of phenols is 1. The minimum absolute atomic E-state index is 0.254. The average molecular weight is 359 g/mol. The van der Waals surface area contributed by atoms with Gasteiger partial charge in [-0.2, -0.15) is 0 Å². The van der Waals surface area contributed by atoms with Crippen LogP contribution in [0.3, 0.4) is 0 Å². The lowest BCUT2D eigenvalue weighted by Gasteiger charge is -2.34. The quantitative estimate of drug-likeness (QED) is 0.753. The lowest BCUT2D eigenvalue weighted by molar-refractivity contribution is 0.137. The minimum Gasteiger partial charge on any atom is -0.506 e. The fourth-order valence-electron chi connectivity index (χ4n) is 3.63. The van der Waals surface area contributed by atoms with Gasteiger partial charge in [0.25, 0.3) is 0 Å². The Hall–Kier alpha value is -2.69. The van der Waals surface area contributed by atoms with Gasteiger partial charge in [0, 0.05) is 50.9 Å². The maximum Gasteiger partial charge on any atom is 0.141 e. The summed E-state index contributed by atoms with van der Waals surface area (Å²) in [5.41, 5.74) is 3.18. The van der Waals surface area contributed by atoms with E-state index in [0.29, 0.717) is 5.52 Å². The summed E-state index contributed by atoms with van der Waals surface area (Å²) in [5.74, 6) is 0.254. The highest BCUT2D eigenvalue weighted by molar-refractivity contribution is 5.87. The summed E-state index contributed by atoms with van der Waals surface area (Å²) in [6, 6.07) is 18.2. The van der Waals surface area contributed by atoms with Crippen LogP contribution in [-0.2, 0) is 6.54 Å². The molecular formula is C23H25N3O. The summed E-state index contributed by atoms with van der Waals surface area (Å²) >= 11 is 0. The van der Waals surface area contributed by atoms with Crippen LogP contribution in [0, 0.1) is 0 Å². The van der Waals surface area contributed by atoms with Gasteiger partial charge in [0.1, 0.15) is 11.3 Å². The highest BCUT2D eigenvalue weighted by Crippen LogP contribution is 2.26. The van der Waals surface area contributed by atoms with Crippen LogP contribution in [0.1, 0.15) is 11.1 Å². The Bertz CT molecular complexity index is 915. The Morgan fingerprint density at radius 2 is 1.67 bits per heavy atom. The predicted molar refractivity (Wildman–Crippen MR) is 111 cm³/mol. The van der Waals surface area contributed by atoms with Crippen LogP contribution in [-0.4, -0.2) is 52.6 Å². The second-order valence-corrected chi connectivity index (χ2v) is 7.03. The van der Waals surface area contributed by atoms with E-state index in [1.165, 1.54) is 11.1 Å². The number of fused-ring (bicyclic) bond motifs is 1. The number of rotatable bonds is 5. The van der Waals surface area contributed by atoms with Gasteiger partial charge < -0.3 is 5.11 Å². The van der Waals surface area contributed by atoms with Crippen molar-refractivity contribution in [2.75, 3.05) is 32.7 Å². The molecule has 1 saturated heterocycles. The Morgan fingerprint density at radius 1 is 0.889 bits per heavy atom. The summed E-state index contributed by atoms with van der Waals surface area (Å²) in [4.78, 5) is 9.30. The molecule has 0 saturated carbocycles. The number of aromatic hydroxyl groups is 1. The monoisotopic (exact) mass is 359 g/mol. The Morgan fingerprint density at radius 3 is 2.48 bits per heavy atom. The minimum atomic E-state index is 0.254. The summed E-state index contributed by atoms with van der Waals surface area (Å²) in [6.45, 7) is 6.16. The van der Waals surface area contributed by atoms with Gasteiger partial charge in [0.15, 0.2) is 0 Å². The largest absolute Gasteiger partial charge is 0.506 e. The number of piperazine rings is 1. The molecule has 0 atom stereocenters. The zero-order valence-electron chi connectivity index (χ0n) is 15.5. The van der Waals surface area contributed by atoms with Crippen LogP contribution in [0.5, 0.6) is 5.75 Å². The average Bonchev–Trinajstić information content (AvgIpc) is 2.72. The van der Waals surface area contributed by atoms with E-state index in [-0.39, 0.29) is 5.75 Å². The first-order chi connectivity index (χ1) is 13.3. The molecule has 0 spiro atoms. The fraction of sp³-hybridized carbons (Fsp3) is 0.261. The lowest BCUT2D eigenvalue weighted by atomic mass is 10.1. The maximum atomic E-state index is 10.0. The molecule has 1 N–H and O–H groups in total. The van der Waals surface area contributed by atoms with E-state index in [0.717, 1.165) is 44.7 Å². The maximum absolute atomic E-state index is 10.0. The molecule has 0 amide bonds. The van der Waals surface area contributed by atoms with Gasteiger partial charge in [-0.15, -0.1) is 0 Å². The van der Waals surface area contributed by atoms with Crippen molar-refractivity contribution in [3.63, 3.8) is 0 Å². The fourth-order valence-corrected chi connectivity index (χ4v) is 3.63. The van der Waals surface area contributed by atoms with E-state index in [9.17, 15) is 5.11 Å². The zero-order chi connectivity index (χ0) is 18.5. The van der Waals surface area contributed by atoms with E-state index in [4.69, 9.17) is 0 Å². The molecule has 4 nitrogen and oxygen atoms in total. The van der Waals surface area contributed by atoms with Crippen molar-refractivity contribution in [1.29, 1.82) is 0 Å². The number of aromatic nitrogens is 1. The van der Waals surface area contributed by atoms with E-state index in [1.54, 1.807) is 12.3 Å². The molecular weight excluding hydrogens is 334 g/mol. The molecule has 0 unspecified atom stereocenters. The number of hydrogen-bond donors (Lipinski definition) is 1. The standard InChI is InChI=1S/C23H25N3O/c27-22-11-10-20(21-9-4-12-24-23(21)22)18-26-16-14-25(15-17-26)13-5-8-19-6-2-1-3-7-19/h1-12,27H,13-18H2. The van der Waals surface area contributed by atoms with Gasteiger partial charge in [-0.1, -0.05) is 54.6 Å². The second-order valence-electron chi connectivity index (χ2n) is 7.03. The summed E-state index contributed by atoms with van der Waals surface area (Å²) in [6.07, 6.45) is 6.18. The topological polar surface area (TPSA) is 39.6 Å². The SMILES string of the molecule is Oc1ccc(CN2CCN(CC=Cc3ccccc3)CC2)c2cccnc12. The van der Waals surface area contributed by atoms with E-state index in [2.05, 4.69) is 51.2 Å². The highest BCUT2D eigenvalue weighted by atomic mass is 16.3. The predicted octanol–water partition coefficient (Wildman–Crippen LogP) is 3.77. The molecule has 4 heteroatoms. The van der Waals surface area contributed by atoms with Crippen molar-refractivity contribution in [3.8, 4) is 5.75 Å². The van der Waals surface area contributed by atoms with Crippen molar-refractivity contribution >= 4 is 17.0 Å². The van der Waals surface area contributed by atoms with Crippen LogP contribution in [0.4, 0.5) is 0 Å². The molecule has 2 heterocycles. The first-order valence-electron chi connectivity index (χ1n) is 9.51. The lowest BCUT2D eigenvalue weighted by Crippen LogP contribution is -2.45. The van der Waals surface area contributed by atoms with Gasteiger partial charge in [0.2, 0.25) is 0 Å². The molecule has 1 aliphatic heterocycles. The molecule has 0 radical (unpaired) electrons.